The Kier molecular flexibility index (Phi) is 4.41. The van der Waals surface area contributed by atoms with E-state index >= 15 is 0 Å². The summed E-state index contributed by atoms with van der Waals surface area (Å²) in [6.45, 7) is 0. The van der Waals surface area contributed by atoms with E-state index in [0.717, 1.165) is 27.7 Å². The van der Waals surface area contributed by atoms with Crippen molar-refractivity contribution in [3.05, 3.63) is 65.9 Å². The SMILES string of the molecule is CS[C@@H]1C(=O)N2[C@@H]3Nc4ccccc4[C@]3(c3c[nH]c4ccccc34)[C@@H](O)[C@@]2(SC)C(=O)N1C. The van der Waals surface area contributed by atoms with Gasteiger partial charge in [-0.05, 0) is 35.8 Å². The lowest BCUT2D eigenvalue weighted by molar-refractivity contribution is -0.160. The maximum Gasteiger partial charge on any atom is 0.263 e. The molecular formula is C24H24N4O3S2. The molecule has 4 heterocycles. The van der Waals surface area contributed by atoms with Crippen molar-refractivity contribution in [2.24, 2.45) is 0 Å². The van der Waals surface area contributed by atoms with Gasteiger partial charge in [-0.25, -0.2) is 0 Å². The Hall–Kier alpha value is -2.62. The molecule has 3 N–H and O–H groups in total. The number of fused-ring (bicyclic) bond motifs is 6. The number of amides is 2. The number of likely N-dealkylation sites (N-methyl/N-ethyl adjacent to an activating group) is 1. The number of piperazine rings is 1. The Morgan fingerprint density at radius 3 is 2.52 bits per heavy atom. The monoisotopic (exact) mass is 480 g/mol. The van der Waals surface area contributed by atoms with Gasteiger partial charge in [-0.2, -0.15) is 0 Å². The van der Waals surface area contributed by atoms with Crippen LogP contribution in [0.5, 0.6) is 0 Å². The molecule has 9 heteroatoms. The van der Waals surface area contributed by atoms with Gasteiger partial charge in [-0.1, -0.05) is 36.4 Å². The van der Waals surface area contributed by atoms with Gasteiger partial charge in [0.25, 0.3) is 11.8 Å². The number of rotatable bonds is 3. The molecule has 0 spiro atoms. The molecule has 2 saturated heterocycles. The van der Waals surface area contributed by atoms with Crippen LogP contribution in [0.15, 0.2) is 54.7 Å². The molecule has 5 atom stereocenters. The van der Waals surface area contributed by atoms with Gasteiger partial charge in [-0.15, -0.1) is 23.5 Å². The van der Waals surface area contributed by atoms with Crippen LogP contribution in [-0.4, -0.2) is 73.8 Å². The number of para-hydroxylation sites is 2. The van der Waals surface area contributed by atoms with Crippen LogP contribution in [0.25, 0.3) is 10.9 Å². The number of nitrogens with one attached hydrogen (secondary N) is 2. The van der Waals surface area contributed by atoms with Crippen LogP contribution in [0.2, 0.25) is 0 Å². The van der Waals surface area contributed by atoms with Crippen LogP contribution < -0.4 is 5.32 Å². The summed E-state index contributed by atoms with van der Waals surface area (Å²) in [5, 5.41) is 16.2. The third-order valence-corrected chi connectivity index (χ3v) is 9.69. The number of H-pyrrole nitrogens is 1. The fourth-order valence-electron chi connectivity index (χ4n) is 6.14. The topological polar surface area (TPSA) is 88.7 Å². The van der Waals surface area contributed by atoms with Gasteiger partial charge in [0.2, 0.25) is 0 Å². The second-order valence-corrected chi connectivity index (χ2v) is 10.7. The summed E-state index contributed by atoms with van der Waals surface area (Å²) >= 11 is 2.57. The number of anilines is 1. The number of carbonyl (C=O) groups is 2. The van der Waals surface area contributed by atoms with Crippen molar-refractivity contribution in [3.63, 3.8) is 0 Å². The number of hydrogen-bond donors (Lipinski definition) is 3. The predicted octanol–water partition coefficient (Wildman–Crippen LogP) is 2.63. The summed E-state index contributed by atoms with van der Waals surface area (Å²) in [5.41, 5.74) is 2.54. The van der Waals surface area contributed by atoms with E-state index < -0.39 is 27.9 Å². The highest BCUT2D eigenvalue weighted by Gasteiger charge is 2.77. The first-order chi connectivity index (χ1) is 15.9. The molecule has 2 aromatic carbocycles. The summed E-state index contributed by atoms with van der Waals surface area (Å²) in [6, 6.07) is 15.8. The van der Waals surface area contributed by atoms with Crippen molar-refractivity contribution < 1.29 is 14.7 Å². The Balaban J connectivity index is 1.71. The number of carbonyl (C=O) groups excluding carboxylic acids is 2. The van der Waals surface area contributed by atoms with E-state index in [1.807, 2.05) is 61.0 Å². The normalized spacial score (nSPS) is 32.7. The molecular weight excluding hydrogens is 456 g/mol. The number of aromatic nitrogens is 1. The fraction of sp³-hybridized carbons (Fsp3) is 0.333. The molecule has 0 unspecified atom stereocenters. The second-order valence-electron chi connectivity index (χ2n) is 8.72. The standard InChI is InChI=1S/C24H24N4O3S2/c1-27-19(32-2)18(29)28-21-23(14-9-5-7-11-17(14)26-21,20(30)24(28,33-3)22(27)31)15-12-25-16-10-6-4-8-13(15)16/h4-12,19-21,25-26,30H,1-3H3/t19-,20-,21+,23+,24-/m1/s1. The minimum Gasteiger partial charge on any atom is -0.388 e. The first-order valence-corrected chi connectivity index (χ1v) is 13.2. The number of nitrogens with zero attached hydrogens (tertiary/aromatic N) is 2. The van der Waals surface area contributed by atoms with Crippen molar-refractivity contribution in [1.82, 2.24) is 14.8 Å². The molecule has 7 nitrogen and oxygen atoms in total. The maximum atomic E-state index is 13.9. The van der Waals surface area contributed by atoms with Crippen LogP contribution >= 0.6 is 23.5 Å². The molecule has 0 bridgehead atoms. The number of hydrogen-bond acceptors (Lipinski definition) is 6. The first kappa shape index (κ1) is 20.9. The van der Waals surface area contributed by atoms with Crippen LogP contribution in [0, 0.1) is 0 Å². The van der Waals surface area contributed by atoms with Crippen LogP contribution in [-0.2, 0) is 15.0 Å². The van der Waals surface area contributed by atoms with E-state index in [-0.39, 0.29) is 11.8 Å². The number of aromatic amines is 1. The van der Waals surface area contributed by atoms with E-state index in [2.05, 4.69) is 10.3 Å². The molecule has 2 fully saturated rings. The third kappa shape index (κ3) is 2.23. The third-order valence-electron chi connectivity index (χ3n) is 7.51. The van der Waals surface area contributed by atoms with Crippen molar-refractivity contribution in [2.75, 3.05) is 24.9 Å². The van der Waals surface area contributed by atoms with E-state index in [9.17, 15) is 14.7 Å². The van der Waals surface area contributed by atoms with Gasteiger partial charge in [0.15, 0.2) is 10.2 Å². The molecule has 6 rings (SSSR count). The molecule has 0 radical (unpaired) electrons. The minimum absolute atomic E-state index is 0.176. The Morgan fingerprint density at radius 2 is 1.76 bits per heavy atom. The molecule has 3 aliphatic heterocycles. The number of aliphatic hydroxyl groups is 1. The van der Waals surface area contributed by atoms with Crippen LogP contribution in [0.3, 0.4) is 0 Å². The van der Waals surface area contributed by atoms with Gasteiger partial charge in [0.1, 0.15) is 12.3 Å². The smallest absolute Gasteiger partial charge is 0.263 e. The van der Waals surface area contributed by atoms with Crippen LogP contribution in [0.4, 0.5) is 5.69 Å². The second kappa shape index (κ2) is 6.94. The van der Waals surface area contributed by atoms with Gasteiger partial charge in [0.05, 0.1) is 5.41 Å². The average Bonchev–Trinajstić information content (AvgIpc) is 3.46. The van der Waals surface area contributed by atoms with Crippen molar-refractivity contribution in [1.29, 1.82) is 0 Å². The Bertz CT molecular complexity index is 1310. The number of aliphatic hydroxyl groups excluding tert-OH is 1. The first-order valence-electron chi connectivity index (χ1n) is 10.7. The summed E-state index contributed by atoms with van der Waals surface area (Å²) in [7, 11) is 1.65. The summed E-state index contributed by atoms with van der Waals surface area (Å²) in [6.07, 6.45) is 3.75. The summed E-state index contributed by atoms with van der Waals surface area (Å²) in [4.78, 5) is 32.8. The highest BCUT2D eigenvalue weighted by Crippen LogP contribution is 2.62. The van der Waals surface area contributed by atoms with Gasteiger partial charge in [-0.3, -0.25) is 14.5 Å². The van der Waals surface area contributed by atoms with Crippen LogP contribution in [0.1, 0.15) is 11.1 Å². The Labute approximate surface area is 199 Å². The predicted molar refractivity (Wildman–Crippen MR) is 132 cm³/mol. The lowest BCUT2D eigenvalue weighted by Gasteiger charge is -2.48. The van der Waals surface area contributed by atoms with Crippen molar-refractivity contribution in [2.45, 2.75) is 27.9 Å². The zero-order chi connectivity index (χ0) is 23.1. The van der Waals surface area contributed by atoms with E-state index in [4.69, 9.17) is 0 Å². The van der Waals surface area contributed by atoms with E-state index in [0.29, 0.717) is 0 Å². The zero-order valence-electron chi connectivity index (χ0n) is 18.4. The lowest BCUT2D eigenvalue weighted by Crippen LogP contribution is -2.70. The van der Waals surface area contributed by atoms with E-state index in [1.165, 1.54) is 28.4 Å². The molecule has 0 aliphatic carbocycles. The average molecular weight is 481 g/mol. The van der Waals surface area contributed by atoms with Gasteiger partial charge in [0, 0.05) is 29.8 Å². The summed E-state index contributed by atoms with van der Waals surface area (Å²) in [5.74, 6) is -0.431. The lowest BCUT2D eigenvalue weighted by atomic mass is 9.70. The molecule has 0 saturated carbocycles. The molecule has 3 aromatic rings. The molecule has 170 valence electrons. The zero-order valence-corrected chi connectivity index (χ0v) is 20.0. The number of thioether (sulfide) groups is 2. The Morgan fingerprint density at radius 1 is 1.03 bits per heavy atom. The van der Waals surface area contributed by atoms with E-state index in [1.54, 1.807) is 18.2 Å². The largest absolute Gasteiger partial charge is 0.388 e. The van der Waals surface area contributed by atoms with Gasteiger partial charge >= 0.3 is 0 Å². The van der Waals surface area contributed by atoms with Crippen molar-refractivity contribution in [3.8, 4) is 0 Å². The minimum atomic E-state index is -1.44. The fourth-order valence-corrected chi connectivity index (χ4v) is 7.99. The highest BCUT2D eigenvalue weighted by molar-refractivity contribution is 8.01. The summed E-state index contributed by atoms with van der Waals surface area (Å²) < 4.78 is 0. The highest BCUT2D eigenvalue weighted by atomic mass is 32.2. The molecule has 2 amide bonds. The molecule has 3 aliphatic rings. The quantitative estimate of drug-likeness (QED) is 0.534. The van der Waals surface area contributed by atoms with Gasteiger partial charge < -0.3 is 20.3 Å². The maximum absolute atomic E-state index is 13.9. The molecule has 1 aromatic heterocycles. The number of benzene rings is 2. The van der Waals surface area contributed by atoms with Crippen molar-refractivity contribution >= 4 is 51.9 Å². The molecule has 33 heavy (non-hydrogen) atoms.